The third-order valence-corrected chi connectivity index (χ3v) is 4.66. The van der Waals surface area contributed by atoms with Gasteiger partial charge in [0.05, 0.1) is 23.5 Å². The summed E-state index contributed by atoms with van der Waals surface area (Å²) < 4.78 is 5.08. The standard InChI is InChI=1S/C19H16N4O4S/c1-27-16-8-4-14(5-9-16)20-18(24)12-28-19-11-10-17(21-22-19)13-2-6-15(7-3-13)23(25)26/h2-11H,12H2,1H3,(H,20,24). The molecule has 0 aliphatic carbocycles. The van der Waals surface area contributed by atoms with Gasteiger partial charge < -0.3 is 10.1 Å². The number of non-ortho nitro benzene ring substituents is 1. The first-order valence-electron chi connectivity index (χ1n) is 8.20. The molecular weight excluding hydrogens is 380 g/mol. The van der Waals surface area contributed by atoms with Crippen LogP contribution < -0.4 is 10.1 Å². The molecule has 0 radical (unpaired) electrons. The molecule has 1 heterocycles. The van der Waals surface area contributed by atoms with Gasteiger partial charge in [-0.25, -0.2) is 0 Å². The van der Waals surface area contributed by atoms with Crippen molar-refractivity contribution in [2.75, 3.05) is 18.2 Å². The maximum atomic E-state index is 12.0. The van der Waals surface area contributed by atoms with Crippen LogP contribution in [0.1, 0.15) is 0 Å². The Morgan fingerprint density at radius 3 is 2.36 bits per heavy atom. The Bertz CT molecular complexity index is 961. The lowest BCUT2D eigenvalue weighted by Gasteiger charge is -2.06. The molecular formula is C19H16N4O4S. The van der Waals surface area contributed by atoms with Crippen molar-refractivity contribution in [3.05, 3.63) is 70.8 Å². The molecule has 0 aliphatic heterocycles. The van der Waals surface area contributed by atoms with Gasteiger partial charge in [0, 0.05) is 23.4 Å². The van der Waals surface area contributed by atoms with Crippen LogP contribution >= 0.6 is 11.8 Å². The molecule has 3 rings (SSSR count). The van der Waals surface area contributed by atoms with Crippen LogP contribution in [0.2, 0.25) is 0 Å². The zero-order chi connectivity index (χ0) is 19.9. The first-order valence-corrected chi connectivity index (χ1v) is 9.19. The number of aromatic nitrogens is 2. The summed E-state index contributed by atoms with van der Waals surface area (Å²) in [5.41, 5.74) is 2.03. The third-order valence-electron chi connectivity index (χ3n) is 3.74. The number of methoxy groups -OCH3 is 1. The minimum Gasteiger partial charge on any atom is -0.497 e. The van der Waals surface area contributed by atoms with E-state index < -0.39 is 4.92 Å². The summed E-state index contributed by atoms with van der Waals surface area (Å²) in [6.07, 6.45) is 0. The van der Waals surface area contributed by atoms with Gasteiger partial charge in [0.15, 0.2) is 0 Å². The van der Waals surface area contributed by atoms with Crippen LogP contribution in [0, 0.1) is 10.1 Å². The van der Waals surface area contributed by atoms with Crippen LogP contribution in [0.3, 0.4) is 0 Å². The molecule has 0 bridgehead atoms. The lowest BCUT2D eigenvalue weighted by Crippen LogP contribution is -2.14. The number of nitrogens with one attached hydrogen (secondary N) is 1. The SMILES string of the molecule is COc1ccc(NC(=O)CSc2ccc(-c3ccc([N+](=O)[O-])cc3)nn2)cc1. The molecule has 1 aromatic heterocycles. The van der Waals surface area contributed by atoms with Crippen molar-refractivity contribution in [1.29, 1.82) is 0 Å². The molecule has 28 heavy (non-hydrogen) atoms. The number of anilines is 1. The first kappa shape index (κ1) is 19.3. The highest BCUT2D eigenvalue weighted by Gasteiger charge is 2.08. The van der Waals surface area contributed by atoms with E-state index in [1.54, 1.807) is 55.6 Å². The van der Waals surface area contributed by atoms with Crippen LogP contribution in [0.15, 0.2) is 65.7 Å². The van der Waals surface area contributed by atoms with Gasteiger partial charge in [0.2, 0.25) is 5.91 Å². The lowest BCUT2D eigenvalue weighted by molar-refractivity contribution is -0.384. The van der Waals surface area contributed by atoms with E-state index in [0.29, 0.717) is 16.4 Å². The van der Waals surface area contributed by atoms with Gasteiger partial charge in [-0.05, 0) is 48.5 Å². The van der Waals surface area contributed by atoms with E-state index in [0.717, 1.165) is 11.3 Å². The fourth-order valence-corrected chi connectivity index (χ4v) is 2.93. The smallest absolute Gasteiger partial charge is 0.269 e. The number of amides is 1. The Balaban J connectivity index is 1.54. The molecule has 1 N–H and O–H groups in total. The lowest BCUT2D eigenvalue weighted by atomic mass is 10.1. The highest BCUT2D eigenvalue weighted by atomic mass is 32.2. The van der Waals surface area contributed by atoms with Crippen molar-refractivity contribution in [3.8, 4) is 17.0 Å². The fraction of sp³-hybridized carbons (Fsp3) is 0.105. The monoisotopic (exact) mass is 396 g/mol. The second-order valence-corrected chi connectivity index (χ2v) is 6.62. The van der Waals surface area contributed by atoms with E-state index in [-0.39, 0.29) is 17.3 Å². The number of ether oxygens (including phenoxy) is 1. The summed E-state index contributed by atoms with van der Waals surface area (Å²) in [5, 5.41) is 22.3. The average molecular weight is 396 g/mol. The van der Waals surface area contributed by atoms with E-state index in [4.69, 9.17) is 4.74 Å². The van der Waals surface area contributed by atoms with Gasteiger partial charge in [-0.2, -0.15) is 0 Å². The van der Waals surface area contributed by atoms with Crippen molar-refractivity contribution in [3.63, 3.8) is 0 Å². The van der Waals surface area contributed by atoms with Gasteiger partial charge in [0.1, 0.15) is 10.8 Å². The minimum absolute atomic E-state index is 0.0201. The fourth-order valence-electron chi connectivity index (χ4n) is 2.32. The molecule has 0 saturated carbocycles. The predicted molar refractivity (Wildman–Crippen MR) is 106 cm³/mol. The van der Waals surface area contributed by atoms with E-state index in [9.17, 15) is 14.9 Å². The van der Waals surface area contributed by atoms with Gasteiger partial charge in [0.25, 0.3) is 5.69 Å². The Kier molecular flexibility index (Phi) is 6.18. The number of nitro groups is 1. The van der Waals surface area contributed by atoms with Crippen molar-refractivity contribution < 1.29 is 14.5 Å². The van der Waals surface area contributed by atoms with Crippen LogP contribution in [-0.2, 0) is 4.79 Å². The van der Waals surface area contributed by atoms with Gasteiger partial charge in [-0.3, -0.25) is 14.9 Å². The molecule has 0 fully saturated rings. The molecule has 8 nitrogen and oxygen atoms in total. The van der Waals surface area contributed by atoms with Crippen LogP contribution in [-0.4, -0.2) is 33.9 Å². The van der Waals surface area contributed by atoms with Gasteiger partial charge >= 0.3 is 0 Å². The van der Waals surface area contributed by atoms with Crippen molar-refractivity contribution in [2.24, 2.45) is 0 Å². The number of carbonyl (C=O) groups is 1. The summed E-state index contributed by atoms with van der Waals surface area (Å²) in [6.45, 7) is 0. The third kappa shape index (κ3) is 5.04. The topological polar surface area (TPSA) is 107 Å². The molecule has 0 spiro atoms. The molecule has 9 heteroatoms. The Morgan fingerprint density at radius 2 is 1.79 bits per heavy atom. The molecule has 0 unspecified atom stereocenters. The summed E-state index contributed by atoms with van der Waals surface area (Å²) in [7, 11) is 1.58. The van der Waals surface area contributed by atoms with E-state index >= 15 is 0 Å². The Hall–Kier alpha value is -3.46. The number of nitrogens with zero attached hydrogens (tertiary/aromatic N) is 3. The number of carbonyl (C=O) groups excluding carboxylic acids is 1. The molecule has 0 aliphatic rings. The quantitative estimate of drug-likeness (QED) is 0.368. The zero-order valence-electron chi connectivity index (χ0n) is 14.9. The minimum atomic E-state index is -0.452. The van der Waals surface area contributed by atoms with Gasteiger partial charge in [-0.1, -0.05) is 11.8 Å². The number of thioether (sulfide) groups is 1. The van der Waals surface area contributed by atoms with Crippen molar-refractivity contribution >= 4 is 29.0 Å². The zero-order valence-corrected chi connectivity index (χ0v) is 15.7. The Morgan fingerprint density at radius 1 is 1.07 bits per heavy atom. The van der Waals surface area contributed by atoms with Gasteiger partial charge in [-0.15, -0.1) is 10.2 Å². The van der Waals surface area contributed by atoms with Crippen molar-refractivity contribution in [1.82, 2.24) is 10.2 Å². The second-order valence-electron chi connectivity index (χ2n) is 5.63. The van der Waals surface area contributed by atoms with Crippen LogP contribution in [0.25, 0.3) is 11.3 Å². The molecule has 1 amide bonds. The highest BCUT2D eigenvalue weighted by molar-refractivity contribution is 7.99. The highest BCUT2D eigenvalue weighted by Crippen LogP contribution is 2.22. The molecule has 2 aromatic carbocycles. The Labute approximate surface area is 165 Å². The number of benzene rings is 2. The second kappa shape index (κ2) is 8.96. The van der Waals surface area contributed by atoms with Crippen LogP contribution in [0.5, 0.6) is 5.75 Å². The maximum absolute atomic E-state index is 12.0. The average Bonchev–Trinajstić information content (AvgIpc) is 2.73. The summed E-state index contributed by atoms with van der Waals surface area (Å²) in [6, 6.07) is 16.7. The first-order chi connectivity index (χ1) is 13.5. The number of rotatable bonds is 7. The summed E-state index contributed by atoms with van der Waals surface area (Å²) >= 11 is 1.27. The number of hydrogen-bond acceptors (Lipinski definition) is 7. The van der Waals surface area contributed by atoms with E-state index in [2.05, 4.69) is 15.5 Å². The molecule has 142 valence electrons. The summed E-state index contributed by atoms with van der Waals surface area (Å²) in [4.78, 5) is 22.3. The van der Waals surface area contributed by atoms with E-state index in [1.807, 2.05) is 0 Å². The summed E-state index contributed by atoms with van der Waals surface area (Å²) in [5.74, 6) is 0.754. The van der Waals surface area contributed by atoms with Crippen molar-refractivity contribution in [2.45, 2.75) is 5.03 Å². The normalized spacial score (nSPS) is 10.3. The number of hydrogen-bond donors (Lipinski definition) is 1. The van der Waals surface area contributed by atoms with E-state index in [1.165, 1.54) is 23.9 Å². The predicted octanol–water partition coefficient (Wildman–Crippen LogP) is 3.79. The molecule has 0 atom stereocenters. The molecule has 3 aromatic rings. The largest absolute Gasteiger partial charge is 0.497 e. The maximum Gasteiger partial charge on any atom is 0.269 e. The number of nitro benzene ring substituents is 1. The van der Waals surface area contributed by atoms with Crippen LogP contribution in [0.4, 0.5) is 11.4 Å². The molecule has 0 saturated heterocycles.